The molecule has 0 radical (unpaired) electrons. The molecular formula is C12H20O6. The molecule has 6 nitrogen and oxygen atoms in total. The lowest BCUT2D eigenvalue weighted by molar-refractivity contribution is -0.301. The van der Waals surface area contributed by atoms with Crippen LogP contribution in [0.2, 0.25) is 0 Å². The second-order valence-electron chi connectivity index (χ2n) is 4.23. The van der Waals surface area contributed by atoms with Gasteiger partial charge in [-0.15, -0.1) is 12.3 Å². The van der Waals surface area contributed by atoms with Crippen LogP contribution in [0.1, 0.15) is 19.3 Å². The Kier molecular flexibility index (Phi) is 6.57. The molecule has 1 saturated heterocycles. The third kappa shape index (κ3) is 3.92. The molecule has 18 heavy (non-hydrogen) atoms. The molecule has 0 amide bonds. The van der Waals surface area contributed by atoms with E-state index in [9.17, 15) is 15.3 Å². The smallest absolute Gasteiger partial charge is 0.186 e. The molecule has 0 aliphatic carbocycles. The predicted octanol–water partition coefficient (Wildman–Crippen LogP) is -1.39. The topological polar surface area (TPSA) is 99.4 Å². The summed E-state index contributed by atoms with van der Waals surface area (Å²) in [5.41, 5.74) is 0. The maximum Gasteiger partial charge on any atom is 0.186 e. The molecule has 6 heteroatoms. The van der Waals surface area contributed by atoms with Crippen LogP contribution < -0.4 is 0 Å². The van der Waals surface area contributed by atoms with Crippen LogP contribution in [0.5, 0.6) is 0 Å². The van der Waals surface area contributed by atoms with Crippen molar-refractivity contribution in [1.29, 1.82) is 0 Å². The SMILES string of the molecule is C#CCCCCO[C@H]1O[C@H](CO)[C@@H](O)[C@H](O)[C@@H]1O. The Morgan fingerprint density at radius 3 is 2.44 bits per heavy atom. The van der Waals surface area contributed by atoms with Gasteiger partial charge in [0.25, 0.3) is 0 Å². The molecule has 1 rings (SSSR count). The Labute approximate surface area is 106 Å². The van der Waals surface area contributed by atoms with Gasteiger partial charge in [0.2, 0.25) is 0 Å². The van der Waals surface area contributed by atoms with Gasteiger partial charge >= 0.3 is 0 Å². The quantitative estimate of drug-likeness (QED) is 0.346. The molecule has 0 bridgehead atoms. The van der Waals surface area contributed by atoms with Gasteiger partial charge in [-0.05, 0) is 12.8 Å². The summed E-state index contributed by atoms with van der Waals surface area (Å²) in [6, 6.07) is 0. The minimum Gasteiger partial charge on any atom is -0.394 e. The predicted molar refractivity (Wildman–Crippen MR) is 62.4 cm³/mol. The van der Waals surface area contributed by atoms with Gasteiger partial charge in [0.15, 0.2) is 6.29 Å². The number of ether oxygens (including phenoxy) is 2. The van der Waals surface area contributed by atoms with Crippen molar-refractivity contribution in [3.05, 3.63) is 0 Å². The molecule has 1 fully saturated rings. The molecule has 0 spiro atoms. The second-order valence-corrected chi connectivity index (χ2v) is 4.23. The number of aliphatic hydroxyl groups excluding tert-OH is 4. The van der Waals surface area contributed by atoms with Crippen LogP contribution in [0.4, 0.5) is 0 Å². The second kappa shape index (κ2) is 7.69. The fourth-order valence-electron chi connectivity index (χ4n) is 1.73. The summed E-state index contributed by atoms with van der Waals surface area (Å²) in [5.74, 6) is 2.50. The van der Waals surface area contributed by atoms with E-state index in [1.54, 1.807) is 0 Å². The molecule has 1 heterocycles. The van der Waals surface area contributed by atoms with E-state index in [1.807, 2.05) is 0 Å². The number of unbranched alkanes of at least 4 members (excludes halogenated alkanes) is 2. The molecule has 1 aliphatic rings. The van der Waals surface area contributed by atoms with E-state index in [0.717, 1.165) is 6.42 Å². The highest BCUT2D eigenvalue weighted by molar-refractivity contribution is 4.88. The van der Waals surface area contributed by atoms with Crippen LogP contribution in [0.25, 0.3) is 0 Å². The Balaban J connectivity index is 2.37. The zero-order valence-electron chi connectivity index (χ0n) is 10.1. The largest absolute Gasteiger partial charge is 0.394 e. The molecule has 4 N–H and O–H groups in total. The summed E-state index contributed by atoms with van der Waals surface area (Å²) in [5, 5.41) is 37.7. The van der Waals surface area contributed by atoms with E-state index < -0.39 is 37.3 Å². The van der Waals surface area contributed by atoms with Crippen LogP contribution in [-0.4, -0.2) is 64.3 Å². The van der Waals surface area contributed by atoms with Gasteiger partial charge in [0.1, 0.15) is 24.4 Å². The monoisotopic (exact) mass is 260 g/mol. The Morgan fingerprint density at radius 1 is 1.11 bits per heavy atom. The van der Waals surface area contributed by atoms with Crippen molar-refractivity contribution in [3.8, 4) is 12.3 Å². The molecular weight excluding hydrogens is 240 g/mol. The maximum absolute atomic E-state index is 9.65. The highest BCUT2D eigenvalue weighted by Gasteiger charge is 2.43. The van der Waals surface area contributed by atoms with Crippen molar-refractivity contribution < 1.29 is 29.9 Å². The van der Waals surface area contributed by atoms with Crippen LogP contribution in [0.3, 0.4) is 0 Å². The molecule has 0 aromatic carbocycles. The lowest BCUT2D eigenvalue weighted by Gasteiger charge is -2.39. The number of hydrogen-bond acceptors (Lipinski definition) is 6. The minimum absolute atomic E-state index is 0.324. The van der Waals surface area contributed by atoms with E-state index in [4.69, 9.17) is 21.0 Å². The lowest BCUT2D eigenvalue weighted by Crippen LogP contribution is -2.59. The van der Waals surface area contributed by atoms with Gasteiger partial charge in [-0.1, -0.05) is 0 Å². The first-order valence-electron chi connectivity index (χ1n) is 5.97. The van der Waals surface area contributed by atoms with Crippen molar-refractivity contribution >= 4 is 0 Å². The number of rotatable bonds is 6. The number of terminal acetylenes is 1. The van der Waals surface area contributed by atoms with Crippen LogP contribution in [0.15, 0.2) is 0 Å². The van der Waals surface area contributed by atoms with E-state index in [2.05, 4.69) is 5.92 Å². The normalized spacial score (nSPS) is 36.3. The van der Waals surface area contributed by atoms with Crippen molar-refractivity contribution in [3.63, 3.8) is 0 Å². The third-order valence-corrected chi connectivity index (χ3v) is 2.85. The Hall–Kier alpha value is -0.680. The summed E-state index contributed by atoms with van der Waals surface area (Å²) in [4.78, 5) is 0. The molecule has 0 saturated carbocycles. The average molecular weight is 260 g/mol. The molecule has 5 atom stereocenters. The molecule has 104 valence electrons. The van der Waals surface area contributed by atoms with E-state index >= 15 is 0 Å². The molecule has 0 aromatic rings. The van der Waals surface area contributed by atoms with Crippen LogP contribution in [0, 0.1) is 12.3 Å². The Bertz CT molecular complexity index is 274. The van der Waals surface area contributed by atoms with Gasteiger partial charge in [0, 0.05) is 13.0 Å². The van der Waals surface area contributed by atoms with Gasteiger partial charge in [-0.2, -0.15) is 0 Å². The van der Waals surface area contributed by atoms with Crippen LogP contribution >= 0.6 is 0 Å². The van der Waals surface area contributed by atoms with Crippen LogP contribution in [-0.2, 0) is 9.47 Å². The molecule has 1 aliphatic heterocycles. The summed E-state index contributed by atoms with van der Waals surface area (Å²) in [6.45, 7) is -0.133. The van der Waals surface area contributed by atoms with E-state index in [0.29, 0.717) is 19.4 Å². The molecule has 0 unspecified atom stereocenters. The third-order valence-electron chi connectivity index (χ3n) is 2.85. The van der Waals surface area contributed by atoms with Crippen molar-refractivity contribution in [2.24, 2.45) is 0 Å². The van der Waals surface area contributed by atoms with Gasteiger partial charge in [-0.3, -0.25) is 0 Å². The zero-order valence-corrected chi connectivity index (χ0v) is 10.1. The standard InChI is InChI=1S/C12H20O6/c1-2-3-4-5-6-17-12-11(16)10(15)9(14)8(7-13)18-12/h1,8-16H,3-7H2/t8-,9-,10+,11+,12+/m1/s1. The average Bonchev–Trinajstić information content (AvgIpc) is 2.38. The maximum atomic E-state index is 9.65. The fraction of sp³-hybridized carbons (Fsp3) is 0.833. The van der Waals surface area contributed by atoms with Gasteiger partial charge in [0.05, 0.1) is 6.61 Å². The van der Waals surface area contributed by atoms with Crippen molar-refractivity contribution in [2.75, 3.05) is 13.2 Å². The molecule has 0 aromatic heterocycles. The minimum atomic E-state index is -1.40. The van der Waals surface area contributed by atoms with Crippen molar-refractivity contribution in [1.82, 2.24) is 0 Å². The summed E-state index contributed by atoms with van der Waals surface area (Å²) >= 11 is 0. The summed E-state index contributed by atoms with van der Waals surface area (Å²) in [7, 11) is 0. The number of hydrogen-bond donors (Lipinski definition) is 4. The first-order valence-corrected chi connectivity index (χ1v) is 5.97. The van der Waals surface area contributed by atoms with E-state index in [1.165, 1.54) is 0 Å². The highest BCUT2D eigenvalue weighted by Crippen LogP contribution is 2.22. The summed E-state index contributed by atoms with van der Waals surface area (Å²) in [6.07, 6.45) is 1.19. The van der Waals surface area contributed by atoms with E-state index in [-0.39, 0.29) is 0 Å². The lowest BCUT2D eigenvalue weighted by atomic mass is 9.99. The Morgan fingerprint density at radius 2 is 1.83 bits per heavy atom. The van der Waals surface area contributed by atoms with Gasteiger partial charge < -0.3 is 29.9 Å². The first-order chi connectivity index (χ1) is 8.61. The zero-order chi connectivity index (χ0) is 13.5. The first kappa shape index (κ1) is 15.4. The summed E-state index contributed by atoms with van der Waals surface area (Å²) < 4.78 is 10.4. The highest BCUT2D eigenvalue weighted by atomic mass is 16.7. The number of aliphatic hydroxyl groups is 4. The fourth-order valence-corrected chi connectivity index (χ4v) is 1.73. The van der Waals surface area contributed by atoms with Gasteiger partial charge in [-0.25, -0.2) is 0 Å². The van der Waals surface area contributed by atoms with Crippen molar-refractivity contribution in [2.45, 2.75) is 50.0 Å².